The van der Waals surface area contributed by atoms with Crippen LogP contribution in [0.1, 0.15) is 69.8 Å². The largest absolute Gasteiger partial charge is 0.359 e. The van der Waals surface area contributed by atoms with Gasteiger partial charge in [-0.05, 0) is 96.1 Å². The minimum absolute atomic E-state index is 0.0612. The van der Waals surface area contributed by atoms with E-state index in [2.05, 4.69) is 61.5 Å². The van der Waals surface area contributed by atoms with Crippen molar-refractivity contribution in [1.82, 2.24) is 0 Å². The number of nitrogens with two attached hydrogens (primary N) is 1. The van der Waals surface area contributed by atoms with E-state index in [0.29, 0.717) is 17.9 Å². The molecule has 2 saturated carbocycles. The summed E-state index contributed by atoms with van der Waals surface area (Å²) >= 11 is 0. The Labute approximate surface area is 185 Å². The molecule has 6 atom stereocenters. The van der Waals surface area contributed by atoms with Crippen molar-refractivity contribution in [2.24, 2.45) is 17.1 Å². The van der Waals surface area contributed by atoms with E-state index in [1.54, 1.807) is 5.57 Å². The molecule has 2 aromatic rings. The Bertz CT molecular complexity index is 1150. The van der Waals surface area contributed by atoms with Crippen molar-refractivity contribution in [3.05, 3.63) is 71.3 Å². The number of hydrogen-bond donors (Lipinski definition) is 1. The maximum Gasteiger partial charge on any atom is 0.0974 e. The molecule has 0 amide bonds. The third kappa shape index (κ3) is 2.36. The second kappa shape index (κ2) is 6.11. The van der Waals surface area contributed by atoms with Gasteiger partial charge in [-0.25, -0.2) is 0 Å². The molecule has 2 spiro atoms. The van der Waals surface area contributed by atoms with Crippen LogP contribution in [-0.2, 0) is 4.74 Å². The van der Waals surface area contributed by atoms with Gasteiger partial charge < -0.3 is 10.5 Å². The van der Waals surface area contributed by atoms with Gasteiger partial charge in [-0.15, -0.1) is 0 Å². The summed E-state index contributed by atoms with van der Waals surface area (Å²) in [4.78, 5) is 0. The molecule has 3 fully saturated rings. The predicted molar refractivity (Wildman–Crippen MR) is 126 cm³/mol. The van der Waals surface area contributed by atoms with Crippen LogP contribution in [0.4, 0.5) is 0 Å². The Balaban J connectivity index is 1.31. The second-order valence-electron chi connectivity index (χ2n) is 11.3. The number of fused-ring (bicyclic) bond motifs is 2. The molecule has 2 aromatic carbocycles. The summed E-state index contributed by atoms with van der Waals surface area (Å²) in [5.74, 6) is 1.21. The van der Waals surface area contributed by atoms with Crippen LogP contribution < -0.4 is 5.73 Å². The Morgan fingerprint density at radius 3 is 2.77 bits per heavy atom. The zero-order valence-corrected chi connectivity index (χ0v) is 18.6. The fourth-order valence-electron chi connectivity index (χ4n) is 8.42. The first-order valence-corrected chi connectivity index (χ1v) is 12.4. The first-order valence-electron chi connectivity index (χ1n) is 12.4. The second-order valence-corrected chi connectivity index (χ2v) is 11.3. The molecule has 31 heavy (non-hydrogen) atoms. The first-order chi connectivity index (χ1) is 15.0. The standard InChI is InChI=1S/C29H33NO/c1-27-13-12-23-17-22-8-9-24(30)18-28(22)14-15-29(23,31-28)26(27)11-10-25(27)21-7-6-19-4-2-3-5-20(19)16-21/h2-7,12,16-17,24-26H,8-11,13-15,18,30H2,1H3/t24-,25?,26+,27+,28+,29?/m0/s1. The van der Waals surface area contributed by atoms with Crippen molar-refractivity contribution in [3.8, 4) is 0 Å². The smallest absolute Gasteiger partial charge is 0.0974 e. The van der Waals surface area contributed by atoms with Gasteiger partial charge in [0.15, 0.2) is 0 Å². The zero-order chi connectivity index (χ0) is 20.8. The van der Waals surface area contributed by atoms with Crippen molar-refractivity contribution in [1.29, 1.82) is 0 Å². The monoisotopic (exact) mass is 411 g/mol. The fraction of sp³-hybridized carbons (Fsp3) is 0.517. The van der Waals surface area contributed by atoms with E-state index in [1.807, 2.05) is 0 Å². The molecule has 2 heteroatoms. The zero-order valence-electron chi connectivity index (χ0n) is 18.6. The summed E-state index contributed by atoms with van der Waals surface area (Å²) in [5.41, 5.74) is 11.1. The highest BCUT2D eigenvalue weighted by atomic mass is 16.5. The van der Waals surface area contributed by atoms with E-state index in [9.17, 15) is 0 Å². The Kier molecular flexibility index (Phi) is 3.68. The Hall–Kier alpha value is -1.90. The molecule has 2 nitrogen and oxygen atoms in total. The van der Waals surface area contributed by atoms with Gasteiger partial charge in [0, 0.05) is 6.04 Å². The summed E-state index contributed by atoms with van der Waals surface area (Å²) in [7, 11) is 0. The topological polar surface area (TPSA) is 35.2 Å². The van der Waals surface area contributed by atoms with E-state index in [-0.39, 0.29) is 16.6 Å². The van der Waals surface area contributed by atoms with Crippen molar-refractivity contribution >= 4 is 10.8 Å². The number of hydrogen-bond acceptors (Lipinski definition) is 2. The van der Waals surface area contributed by atoms with E-state index in [1.165, 1.54) is 47.6 Å². The third-order valence-corrected chi connectivity index (χ3v) is 9.89. The maximum absolute atomic E-state index is 7.27. The molecule has 1 saturated heterocycles. The van der Waals surface area contributed by atoms with Crippen LogP contribution in [-0.4, -0.2) is 17.2 Å². The number of ether oxygens (including phenoxy) is 1. The summed E-state index contributed by atoms with van der Waals surface area (Å²) in [6.45, 7) is 2.56. The summed E-state index contributed by atoms with van der Waals surface area (Å²) in [5, 5.41) is 2.71. The quantitative estimate of drug-likeness (QED) is 0.588. The third-order valence-electron chi connectivity index (χ3n) is 9.89. The first kappa shape index (κ1) is 18.7. The summed E-state index contributed by atoms with van der Waals surface area (Å²) in [6.07, 6.45) is 14.4. The van der Waals surface area contributed by atoms with Crippen LogP contribution >= 0.6 is 0 Å². The number of benzene rings is 2. The Morgan fingerprint density at radius 1 is 1.00 bits per heavy atom. The molecular weight excluding hydrogens is 378 g/mol. The van der Waals surface area contributed by atoms with E-state index < -0.39 is 0 Å². The van der Waals surface area contributed by atoms with E-state index in [0.717, 1.165) is 25.7 Å². The minimum atomic E-state index is -0.0703. The van der Waals surface area contributed by atoms with Crippen LogP contribution in [0, 0.1) is 11.3 Å². The van der Waals surface area contributed by atoms with Gasteiger partial charge in [0.05, 0.1) is 11.2 Å². The lowest BCUT2D eigenvalue weighted by Crippen LogP contribution is -2.54. The van der Waals surface area contributed by atoms with Crippen LogP contribution in [0.5, 0.6) is 0 Å². The molecule has 2 heterocycles. The SMILES string of the molecule is C[C@]12CC=C3C=C4CC[C@H](N)C[C@]45CCC3(O5)[C@@H]1CCC2c1ccc2ccccc2c1. The lowest BCUT2D eigenvalue weighted by molar-refractivity contribution is -0.135. The van der Waals surface area contributed by atoms with Gasteiger partial charge in [0.2, 0.25) is 0 Å². The van der Waals surface area contributed by atoms with Gasteiger partial charge >= 0.3 is 0 Å². The fourth-order valence-corrected chi connectivity index (χ4v) is 8.42. The molecule has 3 aliphatic carbocycles. The number of allylic oxidation sites excluding steroid dienone is 1. The molecule has 7 rings (SSSR count). The molecule has 2 aliphatic heterocycles. The van der Waals surface area contributed by atoms with E-state index in [4.69, 9.17) is 10.5 Å². The molecule has 160 valence electrons. The molecule has 0 aromatic heterocycles. The molecular formula is C29H33NO. The highest BCUT2D eigenvalue weighted by molar-refractivity contribution is 5.83. The van der Waals surface area contributed by atoms with Gasteiger partial charge in [-0.2, -0.15) is 0 Å². The normalized spacial score (nSPS) is 43.1. The molecule has 2 unspecified atom stereocenters. The van der Waals surface area contributed by atoms with Crippen molar-refractivity contribution in [3.63, 3.8) is 0 Å². The van der Waals surface area contributed by atoms with Crippen LogP contribution in [0.2, 0.25) is 0 Å². The summed E-state index contributed by atoms with van der Waals surface area (Å²) < 4.78 is 7.27. The van der Waals surface area contributed by atoms with Gasteiger partial charge in [0.1, 0.15) is 0 Å². The van der Waals surface area contributed by atoms with Crippen molar-refractivity contribution < 1.29 is 4.74 Å². The van der Waals surface area contributed by atoms with Crippen molar-refractivity contribution in [2.45, 2.75) is 81.5 Å². The Morgan fingerprint density at radius 2 is 1.87 bits per heavy atom. The van der Waals surface area contributed by atoms with Crippen LogP contribution in [0.15, 0.2) is 65.8 Å². The van der Waals surface area contributed by atoms with E-state index >= 15 is 0 Å². The van der Waals surface area contributed by atoms with Crippen LogP contribution in [0.25, 0.3) is 10.8 Å². The van der Waals surface area contributed by atoms with Crippen molar-refractivity contribution in [2.75, 3.05) is 0 Å². The highest BCUT2D eigenvalue weighted by Gasteiger charge is 2.66. The lowest BCUT2D eigenvalue weighted by Gasteiger charge is -2.54. The van der Waals surface area contributed by atoms with Gasteiger partial charge in [-0.3, -0.25) is 0 Å². The molecule has 2 N–H and O–H groups in total. The number of rotatable bonds is 1. The maximum atomic E-state index is 7.27. The lowest BCUT2D eigenvalue weighted by atomic mass is 9.58. The average molecular weight is 412 g/mol. The molecule has 0 radical (unpaired) electrons. The highest BCUT2D eigenvalue weighted by Crippen LogP contribution is 2.69. The van der Waals surface area contributed by atoms with Gasteiger partial charge in [-0.1, -0.05) is 61.5 Å². The van der Waals surface area contributed by atoms with Gasteiger partial charge in [0.25, 0.3) is 0 Å². The summed E-state index contributed by atoms with van der Waals surface area (Å²) in [6, 6.07) is 16.2. The minimum Gasteiger partial charge on any atom is -0.359 e. The van der Waals surface area contributed by atoms with Crippen LogP contribution in [0.3, 0.4) is 0 Å². The average Bonchev–Trinajstić information content (AvgIpc) is 3.28. The predicted octanol–water partition coefficient (Wildman–Crippen LogP) is 6.41. The molecule has 5 aliphatic rings. The molecule has 2 bridgehead atoms.